The van der Waals surface area contributed by atoms with Gasteiger partial charge in [0, 0.05) is 18.5 Å². The zero-order valence-electron chi connectivity index (χ0n) is 12.3. The summed E-state index contributed by atoms with van der Waals surface area (Å²) in [6.07, 6.45) is 2.02. The summed E-state index contributed by atoms with van der Waals surface area (Å²) in [5, 5.41) is 19.5. The maximum atomic E-state index is 9.93. The lowest BCUT2D eigenvalue weighted by molar-refractivity contribution is 0.418. The number of nitrogens with zero attached hydrogens (tertiary/aromatic N) is 3. The monoisotopic (exact) mass is 304 g/mol. The van der Waals surface area contributed by atoms with Crippen molar-refractivity contribution in [3.63, 3.8) is 0 Å². The van der Waals surface area contributed by atoms with Crippen LogP contribution in [0.5, 0.6) is 5.88 Å². The number of nitrogens with one attached hydrogen (secondary N) is 1. The normalized spacial score (nSPS) is 11.3. The zero-order valence-corrected chi connectivity index (χ0v) is 13.2. The lowest BCUT2D eigenvalue weighted by Gasteiger charge is -2.20. The topological polar surface area (TPSA) is 64.0 Å². The van der Waals surface area contributed by atoms with E-state index in [1.807, 2.05) is 29.2 Å². The van der Waals surface area contributed by atoms with Crippen molar-refractivity contribution in [2.45, 2.75) is 26.7 Å². The number of aromatic amines is 1. The average molecular weight is 304 g/mol. The van der Waals surface area contributed by atoms with Gasteiger partial charge in [0.2, 0.25) is 11.0 Å². The molecule has 0 aliphatic carbocycles. The molecule has 1 heterocycles. The molecule has 0 spiro atoms. The van der Waals surface area contributed by atoms with E-state index in [9.17, 15) is 5.11 Å². The third kappa shape index (κ3) is 3.58. The molecule has 0 atom stereocenters. The molecule has 0 aliphatic rings. The smallest absolute Gasteiger partial charge is 0.218 e. The molecule has 5 nitrogen and oxygen atoms in total. The van der Waals surface area contributed by atoms with Crippen molar-refractivity contribution in [1.82, 2.24) is 9.88 Å². The number of para-hydroxylation sites is 1. The molecule has 2 N–H and O–H groups in total. The van der Waals surface area contributed by atoms with Gasteiger partial charge in [0.05, 0.1) is 5.52 Å². The predicted octanol–water partition coefficient (Wildman–Crippen LogP) is 4.36. The summed E-state index contributed by atoms with van der Waals surface area (Å²) in [5.74, 6) is 0.0142. The van der Waals surface area contributed by atoms with E-state index in [2.05, 4.69) is 29.1 Å². The van der Waals surface area contributed by atoms with Crippen molar-refractivity contribution in [2.75, 3.05) is 13.1 Å². The van der Waals surface area contributed by atoms with Crippen LogP contribution in [0.4, 0.5) is 5.69 Å². The number of hydrogen-bond acceptors (Lipinski definition) is 3. The Balaban J connectivity index is 2.22. The first-order chi connectivity index (χ1) is 10.2. The zero-order chi connectivity index (χ0) is 15.2. The second kappa shape index (κ2) is 7.17. The fourth-order valence-corrected chi connectivity index (χ4v) is 2.44. The van der Waals surface area contributed by atoms with E-state index < -0.39 is 0 Å². The van der Waals surface area contributed by atoms with Gasteiger partial charge in [-0.05, 0) is 31.1 Å². The van der Waals surface area contributed by atoms with Crippen molar-refractivity contribution in [2.24, 2.45) is 10.2 Å². The first-order valence-corrected chi connectivity index (χ1v) is 7.58. The van der Waals surface area contributed by atoms with Crippen molar-refractivity contribution < 1.29 is 5.11 Å². The highest BCUT2D eigenvalue weighted by Crippen LogP contribution is 2.35. The lowest BCUT2D eigenvalue weighted by Crippen LogP contribution is -2.29. The molecule has 0 radical (unpaired) electrons. The Morgan fingerprint density at radius 2 is 1.90 bits per heavy atom. The summed E-state index contributed by atoms with van der Waals surface area (Å²) in [7, 11) is 0. The second-order valence-electron chi connectivity index (χ2n) is 4.84. The van der Waals surface area contributed by atoms with Crippen LogP contribution < -0.4 is 0 Å². The van der Waals surface area contributed by atoms with Crippen LogP contribution in [0, 0.1) is 0 Å². The molecule has 2 rings (SSSR count). The highest BCUT2D eigenvalue weighted by Gasteiger charge is 2.11. The highest BCUT2D eigenvalue weighted by molar-refractivity contribution is 7.80. The highest BCUT2D eigenvalue weighted by atomic mass is 32.1. The maximum Gasteiger partial charge on any atom is 0.218 e. The maximum absolute atomic E-state index is 9.93. The fraction of sp³-hybridized carbons (Fsp3) is 0.400. The van der Waals surface area contributed by atoms with Gasteiger partial charge in [-0.25, -0.2) is 0 Å². The van der Waals surface area contributed by atoms with Gasteiger partial charge in [0.15, 0.2) is 5.69 Å². The number of fused-ring (bicyclic) bond motifs is 1. The molecule has 0 aliphatic heterocycles. The summed E-state index contributed by atoms with van der Waals surface area (Å²) >= 11 is 5.32. The van der Waals surface area contributed by atoms with E-state index in [-0.39, 0.29) is 5.88 Å². The number of azo groups is 1. The predicted molar refractivity (Wildman–Crippen MR) is 89.2 cm³/mol. The number of H-pyrrole nitrogens is 1. The molecule has 1 aromatic heterocycles. The molecule has 1 aromatic carbocycles. The van der Waals surface area contributed by atoms with E-state index in [0.29, 0.717) is 10.8 Å². The summed E-state index contributed by atoms with van der Waals surface area (Å²) in [6, 6.07) is 7.56. The van der Waals surface area contributed by atoms with Gasteiger partial charge < -0.3 is 15.0 Å². The molecule has 0 amide bonds. The molecule has 21 heavy (non-hydrogen) atoms. The van der Waals surface area contributed by atoms with Crippen molar-refractivity contribution in [3.05, 3.63) is 24.3 Å². The Labute approximate surface area is 129 Å². The van der Waals surface area contributed by atoms with E-state index in [1.54, 1.807) is 0 Å². The number of hydrogen-bond donors (Lipinski definition) is 2. The summed E-state index contributed by atoms with van der Waals surface area (Å²) in [4.78, 5) is 4.91. The van der Waals surface area contributed by atoms with Crippen molar-refractivity contribution in [1.29, 1.82) is 0 Å². The first kappa shape index (κ1) is 15.4. The van der Waals surface area contributed by atoms with Gasteiger partial charge in [0.25, 0.3) is 0 Å². The number of benzene rings is 1. The molecule has 6 heteroatoms. The van der Waals surface area contributed by atoms with Crippen molar-refractivity contribution >= 4 is 33.9 Å². The van der Waals surface area contributed by atoms with Crippen LogP contribution in [0.25, 0.3) is 10.9 Å². The van der Waals surface area contributed by atoms with Gasteiger partial charge >= 0.3 is 0 Å². The van der Waals surface area contributed by atoms with Crippen LogP contribution in [0.15, 0.2) is 34.5 Å². The molecular formula is C15H20N4OS. The van der Waals surface area contributed by atoms with Gasteiger partial charge in [-0.2, -0.15) is 0 Å². The molecule has 0 unspecified atom stereocenters. The standard InChI is InChI=1S/C15H20N4OS/c1-3-9-19(10-4-2)15(21)18-17-13-11-7-5-6-8-12(11)16-14(13)20/h5-8,16,20H,3-4,9-10H2,1-2H3. The van der Waals surface area contributed by atoms with Crippen LogP contribution in [0.3, 0.4) is 0 Å². The SMILES string of the molecule is CCCN(CCC)C(=S)N=Nc1c(O)[nH]c2ccccc12. The molecular weight excluding hydrogens is 284 g/mol. The average Bonchev–Trinajstić information content (AvgIpc) is 2.80. The Hall–Kier alpha value is -1.95. The number of aromatic hydroxyl groups is 1. The van der Waals surface area contributed by atoms with E-state index in [4.69, 9.17) is 12.2 Å². The molecule has 0 saturated heterocycles. The number of aromatic nitrogens is 1. The molecule has 0 saturated carbocycles. The Kier molecular flexibility index (Phi) is 5.27. The Morgan fingerprint density at radius 1 is 1.24 bits per heavy atom. The molecule has 2 aromatic rings. The van der Waals surface area contributed by atoms with E-state index in [0.717, 1.165) is 36.8 Å². The molecule has 0 bridgehead atoms. The van der Waals surface area contributed by atoms with Gasteiger partial charge in [-0.3, -0.25) is 0 Å². The Bertz CT molecular complexity index is 644. The minimum Gasteiger partial charge on any atom is -0.493 e. The lowest BCUT2D eigenvalue weighted by atomic mass is 10.2. The van der Waals surface area contributed by atoms with Crippen LogP contribution in [-0.2, 0) is 0 Å². The largest absolute Gasteiger partial charge is 0.493 e. The summed E-state index contributed by atoms with van der Waals surface area (Å²) < 4.78 is 0. The van der Waals surface area contributed by atoms with Gasteiger partial charge in [-0.15, -0.1) is 10.2 Å². The second-order valence-corrected chi connectivity index (χ2v) is 5.20. The number of rotatable bonds is 5. The molecule has 0 fully saturated rings. The first-order valence-electron chi connectivity index (χ1n) is 7.17. The minimum absolute atomic E-state index is 0.0142. The van der Waals surface area contributed by atoms with Crippen molar-refractivity contribution in [3.8, 4) is 5.88 Å². The molecule has 112 valence electrons. The van der Waals surface area contributed by atoms with Gasteiger partial charge in [-0.1, -0.05) is 32.0 Å². The van der Waals surface area contributed by atoms with E-state index >= 15 is 0 Å². The van der Waals surface area contributed by atoms with Crippen LogP contribution in [0.2, 0.25) is 0 Å². The van der Waals surface area contributed by atoms with Gasteiger partial charge in [0.1, 0.15) is 0 Å². The van der Waals surface area contributed by atoms with E-state index in [1.165, 1.54) is 0 Å². The summed E-state index contributed by atoms with van der Waals surface area (Å²) in [6.45, 7) is 5.94. The third-order valence-electron chi connectivity index (χ3n) is 3.15. The fourth-order valence-electron chi connectivity index (χ4n) is 2.21. The third-order valence-corrected chi connectivity index (χ3v) is 3.49. The van der Waals surface area contributed by atoms with Crippen LogP contribution in [-0.4, -0.2) is 33.2 Å². The van der Waals surface area contributed by atoms with Crippen LogP contribution in [0.1, 0.15) is 26.7 Å². The Morgan fingerprint density at radius 3 is 2.57 bits per heavy atom. The van der Waals surface area contributed by atoms with Crippen LogP contribution >= 0.6 is 12.2 Å². The summed E-state index contributed by atoms with van der Waals surface area (Å²) in [5.41, 5.74) is 1.26. The quantitative estimate of drug-likeness (QED) is 0.637. The number of thiocarbonyl (C=S) groups is 1. The minimum atomic E-state index is 0.0142.